The highest BCUT2D eigenvalue weighted by Crippen LogP contribution is 2.36. The molecule has 4 rings (SSSR count). The number of hydrogen-bond donors (Lipinski definition) is 3. The number of Topliss-reactive ketones (excluding diaryl/α,β-unsaturated/α-hetero) is 1. The van der Waals surface area contributed by atoms with Crippen LogP contribution in [0.15, 0.2) is 42.5 Å². The topological polar surface area (TPSA) is 143 Å². The van der Waals surface area contributed by atoms with Gasteiger partial charge in [0.1, 0.15) is 23.5 Å². The van der Waals surface area contributed by atoms with Crippen molar-refractivity contribution in [3.05, 3.63) is 65.0 Å². The molecule has 256 valence electrons. The van der Waals surface area contributed by atoms with Gasteiger partial charge in [-0.15, -0.1) is 0 Å². The smallest absolute Gasteiger partial charge is 0.410 e. The lowest BCUT2D eigenvalue weighted by Gasteiger charge is -2.36. The Morgan fingerprint density at radius 3 is 2.51 bits per heavy atom. The highest BCUT2D eigenvalue weighted by molar-refractivity contribution is 6.00. The molecule has 0 spiro atoms. The Balaban J connectivity index is 1.56. The first-order valence-electron chi connectivity index (χ1n) is 16.3. The molecule has 4 N–H and O–H groups in total. The molecule has 2 aliphatic heterocycles. The molecule has 0 aromatic heterocycles. The van der Waals surface area contributed by atoms with Crippen LogP contribution in [-0.2, 0) is 25.6 Å². The molecule has 47 heavy (non-hydrogen) atoms. The molecule has 1 fully saturated rings. The van der Waals surface area contributed by atoms with Crippen molar-refractivity contribution >= 4 is 29.4 Å². The summed E-state index contributed by atoms with van der Waals surface area (Å²) < 4.78 is 26.0. The molecule has 0 bridgehead atoms. The molecule has 12 heteroatoms. The molecule has 1 saturated heterocycles. The van der Waals surface area contributed by atoms with Crippen LogP contribution in [0.25, 0.3) is 0 Å². The van der Waals surface area contributed by atoms with Gasteiger partial charge in [0.05, 0.1) is 5.69 Å². The normalized spacial score (nSPS) is 18.1. The number of carbonyl (C=O) groups is 4. The standard InChI is InChI=1S/C35H48FN5O6/c1-22(40(5)34(45)47-35(2,3)4)32(43)39-29(23-14-17-46-18-15-23)21-41-20-25-9-6-7-10-26(25)31(41)33(44)38-28-19-24(12-13-27(28)36)30(42)11-8-16-37/h6-7,9-10,12-13,19,22-23,29,31H,8,11,14-18,20-21,37H2,1-5H3,(H,38,44)(H,39,43)/t22-,29+,31-/m0/s1. The van der Waals surface area contributed by atoms with Gasteiger partial charge in [-0.05, 0) is 88.7 Å². The minimum Gasteiger partial charge on any atom is -0.444 e. The van der Waals surface area contributed by atoms with Crippen LogP contribution in [0.3, 0.4) is 0 Å². The van der Waals surface area contributed by atoms with Crippen molar-refractivity contribution in [1.29, 1.82) is 0 Å². The Kier molecular flexibility index (Phi) is 12.1. The van der Waals surface area contributed by atoms with E-state index < -0.39 is 35.5 Å². The molecule has 0 radical (unpaired) electrons. The van der Waals surface area contributed by atoms with Gasteiger partial charge in [0.25, 0.3) is 0 Å². The maximum absolute atomic E-state index is 15.0. The Bertz CT molecular complexity index is 1440. The summed E-state index contributed by atoms with van der Waals surface area (Å²) in [5.41, 5.74) is 6.79. The quantitative estimate of drug-likeness (QED) is 0.286. The van der Waals surface area contributed by atoms with E-state index in [0.29, 0.717) is 44.8 Å². The lowest BCUT2D eigenvalue weighted by Crippen LogP contribution is -2.55. The lowest BCUT2D eigenvalue weighted by atomic mass is 9.90. The van der Waals surface area contributed by atoms with Gasteiger partial charge in [-0.25, -0.2) is 9.18 Å². The first kappa shape index (κ1) is 36.0. The monoisotopic (exact) mass is 653 g/mol. The van der Waals surface area contributed by atoms with Crippen LogP contribution in [0, 0.1) is 11.7 Å². The van der Waals surface area contributed by atoms with Crippen LogP contribution in [-0.4, -0.2) is 84.5 Å². The van der Waals surface area contributed by atoms with E-state index in [0.717, 1.165) is 24.0 Å². The third-order valence-electron chi connectivity index (χ3n) is 8.73. The van der Waals surface area contributed by atoms with Crippen molar-refractivity contribution in [2.45, 2.75) is 83.6 Å². The van der Waals surface area contributed by atoms with Crippen molar-refractivity contribution in [2.24, 2.45) is 11.7 Å². The summed E-state index contributed by atoms with van der Waals surface area (Å²) in [5, 5.41) is 5.90. The number of benzene rings is 2. The molecule has 2 heterocycles. The van der Waals surface area contributed by atoms with Crippen molar-refractivity contribution < 1.29 is 33.0 Å². The minimum absolute atomic E-state index is 0.0628. The second-order valence-electron chi connectivity index (χ2n) is 13.4. The van der Waals surface area contributed by atoms with E-state index in [-0.39, 0.29) is 35.8 Å². The number of rotatable bonds is 12. The minimum atomic E-state index is -0.815. The number of nitrogens with one attached hydrogen (secondary N) is 2. The van der Waals surface area contributed by atoms with E-state index in [1.165, 1.54) is 30.1 Å². The molecule has 0 unspecified atom stereocenters. The summed E-state index contributed by atoms with van der Waals surface area (Å²) in [4.78, 5) is 56.1. The Labute approximate surface area is 276 Å². The van der Waals surface area contributed by atoms with Gasteiger partial charge in [0.15, 0.2) is 5.78 Å². The number of ketones is 1. The van der Waals surface area contributed by atoms with E-state index in [1.54, 1.807) is 27.7 Å². The summed E-state index contributed by atoms with van der Waals surface area (Å²) in [6.07, 6.45) is 1.56. The molecule has 11 nitrogen and oxygen atoms in total. The fourth-order valence-electron chi connectivity index (χ4n) is 5.99. The predicted molar refractivity (Wildman–Crippen MR) is 176 cm³/mol. The SMILES string of the molecule is C[C@@H](C(=O)N[C@H](CN1Cc2ccccc2[C@H]1C(=O)Nc1cc(C(=O)CCCN)ccc1F)C1CCOCC1)N(C)C(=O)OC(C)(C)C. The predicted octanol–water partition coefficient (Wildman–Crippen LogP) is 4.41. The first-order chi connectivity index (χ1) is 22.3. The molecule has 2 aromatic rings. The van der Waals surface area contributed by atoms with Gasteiger partial charge >= 0.3 is 6.09 Å². The highest BCUT2D eigenvalue weighted by Gasteiger charge is 2.39. The number of nitrogens with zero attached hydrogens (tertiary/aromatic N) is 2. The van der Waals surface area contributed by atoms with Crippen molar-refractivity contribution in [3.63, 3.8) is 0 Å². The van der Waals surface area contributed by atoms with E-state index in [2.05, 4.69) is 10.6 Å². The summed E-state index contributed by atoms with van der Waals surface area (Å²) in [6, 6.07) is 9.58. The zero-order valence-corrected chi connectivity index (χ0v) is 28.0. The third-order valence-corrected chi connectivity index (χ3v) is 8.73. The number of ether oxygens (including phenoxy) is 2. The van der Waals surface area contributed by atoms with Gasteiger partial charge < -0.3 is 25.8 Å². The number of carbonyl (C=O) groups excluding carboxylic acids is 4. The summed E-state index contributed by atoms with van der Waals surface area (Å²) in [6.45, 7) is 9.16. The van der Waals surface area contributed by atoms with Crippen LogP contribution in [0.2, 0.25) is 0 Å². The van der Waals surface area contributed by atoms with Crippen LogP contribution in [0.4, 0.5) is 14.9 Å². The number of fused-ring (bicyclic) bond motifs is 1. The Morgan fingerprint density at radius 1 is 1.13 bits per heavy atom. The van der Waals surface area contributed by atoms with Gasteiger partial charge in [-0.1, -0.05) is 24.3 Å². The first-order valence-corrected chi connectivity index (χ1v) is 16.3. The molecule has 3 atom stereocenters. The average Bonchev–Trinajstić information content (AvgIpc) is 3.41. The largest absolute Gasteiger partial charge is 0.444 e. The van der Waals surface area contributed by atoms with Crippen molar-refractivity contribution in [1.82, 2.24) is 15.1 Å². The number of likely N-dealkylation sites (N-methyl/N-ethyl adjacent to an activating group) is 1. The summed E-state index contributed by atoms with van der Waals surface area (Å²) >= 11 is 0. The fourth-order valence-corrected chi connectivity index (χ4v) is 5.99. The highest BCUT2D eigenvalue weighted by atomic mass is 19.1. The van der Waals surface area contributed by atoms with E-state index >= 15 is 0 Å². The molecule has 2 aromatic carbocycles. The van der Waals surface area contributed by atoms with Crippen LogP contribution < -0.4 is 16.4 Å². The molecule has 0 saturated carbocycles. The Morgan fingerprint density at radius 2 is 1.83 bits per heavy atom. The number of halogens is 1. The number of hydrogen-bond acceptors (Lipinski definition) is 8. The maximum atomic E-state index is 15.0. The van der Waals surface area contributed by atoms with Crippen molar-refractivity contribution in [3.8, 4) is 0 Å². The maximum Gasteiger partial charge on any atom is 0.410 e. The van der Waals surface area contributed by atoms with Gasteiger partial charge in [0.2, 0.25) is 11.8 Å². The van der Waals surface area contributed by atoms with Gasteiger partial charge in [0, 0.05) is 51.4 Å². The number of anilines is 1. The third kappa shape index (κ3) is 9.36. The second-order valence-corrected chi connectivity index (χ2v) is 13.4. The van der Waals surface area contributed by atoms with Crippen LogP contribution >= 0.6 is 0 Å². The van der Waals surface area contributed by atoms with Crippen LogP contribution in [0.5, 0.6) is 0 Å². The fraction of sp³-hybridized carbons (Fsp3) is 0.543. The average molecular weight is 654 g/mol. The van der Waals surface area contributed by atoms with E-state index in [9.17, 15) is 23.6 Å². The zero-order valence-electron chi connectivity index (χ0n) is 28.0. The molecule has 2 aliphatic rings. The van der Waals surface area contributed by atoms with Gasteiger partial charge in [-0.2, -0.15) is 0 Å². The summed E-state index contributed by atoms with van der Waals surface area (Å²) in [5.74, 6) is -1.56. The molecule has 0 aliphatic carbocycles. The molecular weight excluding hydrogens is 605 g/mol. The number of nitrogens with two attached hydrogens (primary N) is 1. The molecule has 3 amide bonds. The molecular formula is C35H48FN5O6. The summed E-state index contributed by atoms with van der Waals surface area (Å²) in [7, 11) is 1.53. The zero-order chi connectivity index (χ0) is 34.3. The Hall–Kier alpha value is -3.87. The lowest BCUT2D eigenvalue weighted by molar-refractivity contribution is -0.127. The van der Waals surface area contributed by atoms with Crippen molar-refractivity contribution in [2.75, 3.05) is 38.7 Å². The second kappa shape index (κ2) is 15.8. The van der Waals surface area contributed by atoms with Crippen LogP contribution in [0.1, 0.15) is 80.9 Å². The van der Waals surface area contributed by atoms with E-state index in [1.807, 2.05) is 29.2 Å². The van der Waals surface area contributed by atoms with Gasteiger partial charge in [-0.3, -0.25) is 24.2 Å². The number of amides is 3. The van der Waals surface area contributed by atoms with E-state index in [4.69, 9.17) is 15.2 Å².